The summed E-state index contributed by atoms with van der Waals surface area (Å²) in [6, 6.07) is 27.9. The molecule has 0 bridgehead atoms. The Labute approximate surface area is 210 Å². The van der Waals surface area contributed by atoms with Gasteiger partial charge < -0.3 is 0 Å². The lowest BCUT2D eigenvalue weighted by Gasteiger charge is -2.04. The summed E-state index contributed by atoms with van der Waals surface area (Å²) in [6.45, 7) is 0. The molecule has 4 aromatic rings. The average molecular weight is 519 g/mol. The zero-order chi connectivity index (χ0) is 25.8. The van der Waals surface area contributed by atoms with Crippen LogP contribution in [0.1, 0.15) is 22.3 Å². The molecular formula is C28H22O6S2. The molecule has 2 N–H and O–H groups in total. The molecular weight excluding hydrogens is 496 g/mol. The topological polar surface area (TPSA) is 109 Å². The Morgan fingerprint density at radius 1 is 0.500 bits per heavy atom. The molecule has 4 rings (SSSR count). The van der Waals surface area contributed by atoms with E-state index in [0.29, 0.717) is 11.1 Å². The van der Waals surface area contributed by atoms with Crippen LogP contribution in [0.2, 0.25) is 0 Å². The molecule has 0 unspecified atom stereocenters. The summed E-state index contributed by atoms with van der Waals surface area (Å²) in [5, 5.41) is 0. The molecule has 0 saturated heterocycles. The summed E-state index contributed by atoms with van der Waals surface area (Å²) >= 11 is 0. The standard InChI is InChI=1S/C28H22O6S2/c29-35(30,31)27-6-3-4-23(20-27)9-8-21-10-15-24(16-11-21)25-17-12-22(13-18-25)14-19-26-5-1-2-7-28(26)36(32,33)34/h1-20H,(H,29,30,31)(H,32,33,34)/b9-8+,19-14+. The first kappa shape index (κ1) is 25.3. The van der Waals surface area contributed by atoms with E-state index < -0.39 is 20.2 Å². The minimum Gasteiger partial charge on any atom is -0.282 e. The number of benzene rings is 4. The van der Waals surface area contributed by atoms with Crippen LogP contribution in [0.15, 0.2) is 107 Å². The van der Waals surface area contributed by atoms with Crippen LogP contribution in [0.25, 0.3) is 35.4 Å². The molecule has 0 aliphatic heterocycles. The average Bonchev–Trinajstić information content (AvgIpc) is 2.86. The van der Waals surface area contributed by atoms with Gasteiger partial charge in [-0.05, 0) is 51.6 Å². The third kappa shape index (κ3) is 6.44. The molecule has 0 aliphatic rings. The van der Waals surface area contributed by atoms with Crippen LogP contribution < -0.4 is 0 Å². The molecule has 0 radical (unpaired) electrons. The van der Waals surface area contributed by atoms with Crippen molar-refractivity contribution >= 4 is 44.5 Å². The predicted octanol–water partition coefficient (Wildman–Crippen LogP) is 6.19. The molecule has 0 aromatic heterocycles. The van der Waals surface area contributed by atoms with E-state index in [9.17, 15) is 25.9 Å². The molecule has 0 aliphatic carbocycles. The highest BCUT2D eigenvalue weighted by Crippen LogP contribution is 2.23. The van der Waals surface area contributed by atoms with Crippen molar-refractivity contribution in [3.63, 3.8) is 0 Å². The van der Waals surface area contributed by atoms with Gasteiger partial charge in [0, 0.05) is 0 Å². The zero-order valence-corrected chi connectivity index (χ0v) is 20.5. The van der Waals surface area contributed by atoms with E-state index in [4.69, 9.17) is 0 Å². The first-order valence-corrected chi connectivity index (χ1v) is 13.7. The molecule has 0 atom stereocenters. The summed E-state index contributed by atoms with van der Waals surface area (Å²) in [6.07, 6.45) is 7.04. The van der Waals surface area contributed by atoms with E-state index in [-0.39, 0.29) is 9.79 Å². The van der Waals surface area contributed by atoms with Crippen molar-refractivity contribution in [3.8, 4) is 11.1 Å². The fourth-order valence-electron chi connectivity index (χ4n) is 3.58. The van der Waals surface area contributed by atoms with Gasteiger partial charge in [-0.15, -0.1) is 0 Å². The van der Waals surface area contributed by atoms with Gasteiger partial charge in [-0.3, -0.25) is 9.11 Å². The Morgan fingerprint density at radius 2 is 1.03 bits per heavy atom. The van der Waals surface area contributed by atoms with E-state index in [0.717, 1.165) is 22.3 Å². The minimum absolute atomic E-state index is 0.141. The van der Waals surface area contributed by atoms with Crippen molar-refractivity contribution in [1.82, 2.24) is 0 Å². The van der Waals surface area contributed by atoms with Crippen molar-refractivity contribution < 1.29 is 25.9 Å². The van der Waals surface area contributed by atoms with Gasteiger partial charge in [0.2, 0.25) is 0 Å². The lowest BCUT2D eigenvalue weighted by molar-refractivity contribution is 0.481. The van der Waals surface area contributed by atoms with Gasteiger partial charge in [-0.2, -0.15) is 16.8 Å². The van der Waals surface area contributed by atoms with Gasteiger partial charge in [0.15, 0.2) is 0 Å². The zero-order valence-electron chi connectivity index (χ0n) is 18.9. The number of rotatable bonds is 7. The highest BCUT2D eigenvalue weighted by molar-refractivity contribution is 7.86. The van der Waals surface area contributed by atoms with Gasteiger partial charge in [-0.25, -0.2) is 0 Å². The van der Waals surface area contributed by atoms with Gasteiger partial charge in [-0.1, -0.05) is 103 Å². The monoisotopic (exact) mass is 518 g/mol. The Balaban J connectivity index is 1.47. The van der Waals surface area contributed by atoms with E-state index in [1.54, 1.807) is 48.6 Å². The summed E-state index contributed by atoms with van der Waals surface area (Å²) in [5.74, 6) is 0. The Bertz CT molecular complexity index is 1650. The van der Waals surface area contributed by atoms with Gasteiger partial charge in [0.25, 0.3) is 20.2 Å². The van der Waals surface area contributed by atoms with Crippen molar-refractivity contribution in [3.05, 3.63) is 119 Å². The van der Waals surface area contributed by atoms with Crippen LogP contribution in [-0.2, 0) is 20.2 Å². The highest BCUT2D eigenvalue weighted by atomic mass is 32.2. The van der Waals surface area contributed by atoms with E-state index in [1.807, 2.05) is 54.6 Å². The molecule has 36 heavy (non-hydrogen) atoms. The van der Waals surface area contributed by atoms with Crippen LogP contribution in [0.5, 0.6) is 0 Å². The summed E-state index contributed by atoms with van der Waals surface area (Å²) in [5.41, 5.74) is 4.85. The maximum Gasteiger partial charge on any atom is 0.295 e. The lowest BCUT2D eigenvalue weighted by atomic mass is 10.0. The molecule has 8 heteroatoms. The van der Waals surface area contributed by atoms with Crippen molar-refractivity contribution in [2.75, 3.05) is 0 Å². The number of hydrogen-bond acceptors (Lipinski definition) is 4. The second-order valence-electron chi connectivity index (χ2n) is 7.97. The smallest absolute Gasteiger partial charge is 0.282 e. The van der Waals surface area contributed by atoms with Crippen LogP contribution in [0.4, 0.5) is 0 Å². The van der Waals surface area contributed by atoms with Gasteiger partial charge in [0.1, 0.15) is 4.90 Å². The third-order valence-electron chi connectivity index (χ3n) is 5.43. The van der Waals surface area contributed by atoms with E-state index in [2.05, 4.69) is 0 Å². The van der Waals surface area contributed by atoms with Crippen LogP contribution in [0.3, 0.4) is 0 Å². The Morgan fingerprint density at radius 3 is 1.58 bits per heavy atom. The van der Waals surface area contributed by atoms with Crippen molar-refractivity contribution in [2.45, 2.75) is 9.79 Å². The first-order chi connectivity index (χ1) is 17.1. The molecule has 0 saturated carbocycles. The first-order valence-electron chi connectivity index (χ1n) is 10.8. The molecule has 4 aromatic carbocycles. The summed E-state index contributed by atoms with van der Waals surface area (Å²) < 4.78 is 64.3. The molecule has 182 valence electrons. The molecule has 0 heterocycles. The van der Waals surface area contributed by atoms with Gasteiger partial charge >= 0.3 is 0 Å². The molecule has 0 amide bonds. The maximum atomic E-state index is 11.5. The van der Waals surface area contributed by atoms with E-state index in [1.165, 1.54) is 18.2 Å². The minimum atomic E-state index is -4.30. The Kier molecular flexibility index (Phi) is 7.32. The molecule has 6 nitrogen and oxygen atoms in total. The van der Waals surface area contributed by atoms with Crippen LogP contribution in [0, 0.1) is 0 Å². The third-order valence-corrected chi connectivity index (χ3v) is 7.21. The fraction of sp³-hybridized carbons (Fsp3) is 0. The van der Waals surface area contributed by atoms with Gasteiger partial charge in [0.05, 0.1) is 4.90 Å². The van der Waals surface area contributed by atoms with Crippen LogP contribution in [-0.4, -0.2) is 25.9 Å². The largest absolute Gasteiger partial charge is 0.295 e. The maximum absolute atomic E-state index is 11.5. The second kappa shape index (κ2) is 10.4. The lowest BCUT2D eigenvalue weighted by Crippen LogP contribution is -2.00. The summed E-state index contributed by atoms with van der Waals surface area (Å²) in [4.78, 5) is -0.293. The normalized spacial score (nSPS) is 12.4. The molecule has 0 fully saturated rings. The predicted molar refractivity (Wildman–Crippen MR) is 142 cm³/mol. The van der Waals surface area contributed by atoms with E-state index >= 15 is 0 Å². The second-order valence-corrected chi connectivity index (χ2v) is 10.8. The Hall–Kier alpha value is -3.82. The van der Waals surface area contributed by atoms with Crippen molar-refractivity contribution in [2.24, 2.45) is 0 Å². The highest BCUT2D eigenvalue weighted by Gasteiger charge is 2.12. The fourth-order valence-corrected chi connectivity index (χ4v) is 4.80. The SMILES string of the molecule is O=S(=O)(O)c1cccc(/C=C/c2ccc(-c3ccc(/C=C/c4ccccc4S(=O)(=O)O)cc3)cc2)c1. The number of hydrogen-bond donors (Lipinski definition) is 2. The van der Waals surface area contributed by atoms with Crippen LogP contribution >= 0.6 is 0 Å². The summed E-state index contributed by atoms with van der Waals surface area (Å²) in [7, 11) is -8.55. The van der Waals surface area contributed by atoms with Crippen molar-refractivity contribution in [1.29, 1.82) is 0 Å². The quantitative estimate of drug-likeness (QED) is 0.223. The molecule has 0 spiro atoms.